The van der Waals surface area contributed by atoms with Crippen LogP contribution in [0.4, 0.5) is 5.69 Å². The van der Waals surface area contributed by atoms with E-state index in [-0.39, 0.29) is 5.91 Å². The van der Waals surface area contributed by atoms with Gasteiger partial charge in [0.05, 0.1) is 11.9 Å². The Labute approximate surface area is 123 Å². The minimum absolute atomic E-state index is 0.0769. The Morgan fingerprint density at radius 1 is 1.15 bits per heavy atom. The molecule has 0 saturated heterocycles. The zero-order chi connectivity index (χ0) is 14.4. The molecule has 1 unspecified atom stereocenters. The average Bonchev–Trinajstić information content (AvgIpc) is 2.46. The van der Waals surface area contributed by atoms with Crippen LogP contribution >= 0.6 is 11.8 Å². The minimum Gasteiger partial charge on any atom is -0.389 e. The Bertz CT molecular complexity index is 570. The molecule has 20 heavy (non-hydrogen) atoms. The predicted molar refractivity (Wildman–Crippen MR) is 82.9 cm³/mol. The summed E-state index contributed by atoms with van der Waals surface area (Å²) in [5.41, 5.74) is 1.40. The van der Waals surface area contributed by atoms with Gasteiger partial charge < -0.3 is 10.4 Å². The standard InChI is InChI=1S/C16H17NO2S/c1-12(18)14-9-5-6-10-15(14)17-16(19)11-20-13-7-3-2-4-8-13/h2-10,12,18H,11H2,1H3,(H,17,19). The number of para-hydroxylation sites is 1. The third-order valence-electron chi connectivity index (χ3n) is 2.80. The quantitative estimate of drug-likeness (QED) is 0.828. The highest BCUT2D eigenvalue weighted by atomic mass is 32.2. The van der Waals surface area contributed by atoms with E-state index in [1.807, 2.05) is 48.5 Å². The summed E-state index contributed by atoms with van der Waals surface area (Å²) in [4.78, 5) is 13.0. The smallest absolute Gasteiger partial charge is 0.234 e. The molecule has 0 heterocycles. The number of aliphatic hydroxyl groups excluding tert-OH is 1. The lowest BCUT2D eigenvalue weighted by molar-refractivity contribution is -0.113. The zero-order valence-corrected chi connectivity index (χ0v) is 12.1. The second-order valence-corrected chi connectivity index (χ2v) is 5.46. The number of rotatable bonds is 5. The molecule has 2 N–H and O–H groups in total. The molecule has 0 saturated carbocycles. The summed E-state index contributed by atoms with van der Waals surface area (Å²) < 4.78 is 0. The second-order valence-electron chi connectivity index (χ2n) is 4.41. The van der Waals surface area contributed by atoms with Crippen LogP contribution in [0, 0.1) is 0 Å². The van der Waals surface area contributed by atoms with Crippen molar-refractivity contribution >= 4 is 23.4 Å². The van der Waals surface area contributed by atoms with Crippen molar-refractivity contribution in [2.24, 2.45) is 0 Å². The molecule has 0 aliphatic carbocycles. The monoisotopic (exact) mass is 287 g/mol. The molecule has 0 spiro atoms. The molecule has 1 amide bonds. The topological polar surface area (TPSA) is 49.3 Å². The molecule has 0 aliphatic rings. The summed E-state index contributed by atoms with van der Waals surface area (Å²) in [5.74, 6) is 0.268. The number of benzene rings is 2. The van der Waals surface area contributed by atoms with Crippen LogP contribution in [-0.2, 0) is 4.79 Å². The largest absolute Gasteiger partial charge is 0.389 e. The predicted octanol–water partition coefficient (Wildman–Crippen LogP) is 3.47. The summed E-state index contributed by atoms with van der Waals surface area (Å²) in [5, 5.41) is 12.5. The molecule has 3 nitrogen and oxygen atoms in total. The highest BCUT2D eigenvalue weighted by Crippen LogP contribution is 2.23. The highest BCUT2D eigenvalue weighted by molar-refractivity contribution is 8.00. The van der Waals surface area contributed by atoms with Gasteiger partial charge in [0.1, 0.15) is 0 Å². The Balaban J connectivity index is 1.95. The minimum atomic E-state index is -0.603. The number of carbonyl (C=O) groups is 1. The van der Waals surface area contributed by atoms with Gasteiger partial charge in [0.2, 0.25) is 5.91 Å². The molecule has 1 atom stereocenters. The van der Waals surface area contributed by atoms with Gasteiger partial charge in [0, 0.05) is 16.1 Å². The van der Waals surface area contributed by atoms with Crippen molar-refractivity contribution in [2.75, 3.05) is 11.1 Å². The normalized spacial score (nSPS) is 11.9. The van der Waals surface area contributed by atoms with E-state index in [4.69, 9.17) is 0 Å². The summed E-state index contributed by atoms with van der Waals surface area (Å²) in [7, 11) is 0. The van der Waals surface area contributed by atoms with Gasteiger partial charge in [-0.2, -0.15) is 0 Å². The van der Waals surface area contributed by atoms with Gasteiger partial charge in [0.25, 0.3) is 0 Å². The van der Waals surface area contributed by atoms with Crippen molar-refractivity contribution in [3.8, 4) is 0 Å². The molecule has 2 aromatic rings. The van der Waals surface area contributed by atoms with Crippen LogP contribution in [0.25, 0.3) is 0 Å². The Morgan fingerprint density at radius 2 is 1.80 bits per heavy atom. The highest BCUT2D eigenvalue weighted by Gasteiger charge is 2.10. The van der Waals surface area contributed by atoms with E-state index in [1.165, 1.54) is 11.8 Å². The van der Waals surface area contributed by atoms with Gasteiger partial charge >= 0.3 is 0 Å². The number of hydrogen-bond acceptors (Lipinski definition) is 3. The maximum Gasteiger partial charge on any atom is 0.234 e. The number of nitrogens with one attached hydrogen (secondary N) is 1. The van der Waals surface area contributed by atoms with Crippen molar-refractivity contribution in [3.05, 3.63) is 60.2 Å². The van der Waals surface area contributed by atoms with E-state index in [2.05, 4.69) is 5.32 Å². The Morgan fingerprint density at radius 3 is 2.50 bits per heavy atom. The van der Waals surface area contributed by atoms with E-state index in [9.17, 15) is 9.90 Å². The van der Waals surface area contributed by atoms with E-state index < -0.39 is 6.10 Å². The van der Waals surface area contributed by atoms with E-state index in [1.54, 1.807) is 13.0 Å². The fourth-order valence-corrected chi connectivity index (χ4v) is 2.55. The number of hydrogen-bond donors (Lipinski definition) is 2. The van der Waals surface area contributed by atoms with Crippen LogP contribution in [0.15, 0.2) is 59.5 Å². The molecular formula is C16H17NO2S. The molecular weight excluding hydrogens is 270 g/mol. The number of anilines is 1. The number of thioether (sulfide) groups is 1. The van der Waals surface area contributed by atoms with Crippen LogP contribution in [0.5, 0.6) is 0 Å². The molecule has 2 rings (SSSR count). The van der Waals surface area contributed by atoms with Gasteiger partial charge in [-0.15, -0.1) is 11.8 Å². The molecule has 0 aromatic heterocycles. The molecule has 2 aromatic carbocycles. The van der Waals surface area contributed by atoms with E-state index in [0.717, 1.165) is 10.5 Å². The van der Waals surface area contributed by atoms with Gasteiger partial charge in [-0.1, -0.05) is 36.4 Å². The average molecular weight is 287 g/mol. The fraction of sp³-hybridized carbons (Fsp3) is 0.188. The number of aliphatic hydroxyl groups is 1. The molecule has 0 fully saturated rings. The summed E-state index contributed by atoms with van der Waals surface area (Å²) in [6.07, 6.45) is -0.603. The van der Waals surface area contributed by atoms with Gasteiger partial charge in [-0.05, 0) is 25.1 Å². The maximum absolute atomic E-state index is 11.9. The van der Waals surface area contributed by atoms with Crippen molar-refractivity contribution in [3.63, 3.8) is 0 Å². The molecule has 0 bridgehead atoms. The first-order valence-electron chi connectivity index (χ1n) is 6.41. The Hall–Kier alpha value is -1.78. The van der Waals surface area contributed by atoms with Crippen molar-refractivity contribution < 1.29 is 9.90 Å². The van der Waals surface area contributed by atoms with E-state index in [0.29, 0.717) is 11.4 Å². The van der Waals surface area contributed by atoms with Crippen molar-refractivity contribution in [1.82, 2.24) is 0 Å². The lowest BCUT2D eigenvalue weighted by Gasteiger charge is -2.12. The summed E-state index contributed by atoms with van der Waals surface area (Å²) in [6, 6.07) is 17.1. The maximum atomic E-state index is 11.9. The van der Waals surface area contributed by atoms with Gasteiger partial charge in [0.15, 0.2) is 0 Å². The molecule has 0 aliphatic heterocycles. The molecule has 0 radical (unpaired) electrons. The lowest BCUT2D eigenvalue weighted by atomic mass is 10.1. The third-order valence-corrected chi connectivity index (χ3v) is 3.81. The fourth-order valence-electron chi connectivity index (χ4n) is 1.83. The van der Waals surface area contributed by atoms with Crippen LogP contribution in [-0.4, -0.2) is 16.8 Å². The third kappa shape index (κ3) is 4.11. The van der Waals surface area contributed by atoms with Gasteiger partial charge in [-0.3, -0.25) is 4.79 Å². The van der Waals surface area contributed by atoms with Crippen LogP contribution in [0.3, 0.4) is 0 Å². The van der Waals surface area contributed by atoms with Crippen molar-refractivity contribution in [1.29, 1.82) is 0 Å². The number of carbonyl (C=O) groups excluding carboxylic acids is 1. The first-order valence-corrected chi connectivity index (χ1v) is 7.40. The lowest BCUT2D eigenvalue weighted by Crippen LogP contribution is -2.15. The Kier molecular flexibility index (Phi) is 5.21. The zero-order valence-electron chi connectivity index (χ0n) is 11.2. The summed E-state index contributed by atoms with van der Waals surface area (Å²) in [6.45, 7) is 1.68. The number of amides is 1. The van der Waals surface area contributed by atoms with Crippen molar-refractivity contribution in [2.45, 2.75) is 17.9 Å². The molecule has 104 valence electrons. The first kappa shape index (κ1) is 14.6. The first-order chi connectivity index (χ1) is 9.66. The van der Waals surface area contributed by atoms with Crippen LogP contribution < -0.4 is 5.32 Å². The van der Waals surface area contributed by atoms with Crippen LogP contribution in [0.1, 0.15) is 18.6 Å². The SMILES string of the molecule is CC(O)c1ccccc1NC(=O)CSc1ccccc1. The molecule has 4 heteroatoms. The van der Waals surface area contributed by atoms with Gasteiger partial charge in [-0.25, -0.2) is 0 Å². The summed E-state index contributed by atoms with van der Waals surface area (Å²) >= 11 is 1.49. The van der Waals surface area contributed by atoms with Crippen LogP contribution in [0.2, 0.25) is 0 Å². The second kappa shape index (κ2) is 7.12. The van der Waals surface area contributed by atoms with E-state index >= 15 is 0 Å².